The van der Waals surface area contributed by atoms with Gasteiger partial charge in [-0.05, 0) is 49.1 Å². The van der Waals surface area contributed by atoms with Crippen molar-refractivity contribution in [2.24, 2.45) is 0 Å². The van der Waals surface area contributed by atoms with Gasteiger partial charge in [-0.15, -0.1) is 0 Å². The van der Waals surface area contributed by atoms with Crippen molar-refractivity contribution < 1.29 is 0 Å². The monoisotopic (exact) mass is 275 g/mol. The molecule has 0 amide bonds. The molecule has 1 aromatic carbocycles. The van der Waals surface area contributed by atoms with E-state index < -0.39 is 0 Å². The Hall–Kier alpha value is -1.32. The fourth-order valence-corrected chi connectivity index (χ4v) is 2.95. The van der Waals surface area contributed by atoms with Crippen molar-refractivity contribution in [3.63, 3.8) is 0 Å². The molecule has 1 heterocycles. The van der Waals surface area contributed by atoms with Gasteiger partial charge in [0.05, 0.1) is 6.33 Å². The summed E-state index contributed by atoms with van der Waals surface area (Å²) in [6.07, 6.45) is 9.13. The van der Waals surface area contributed by atoms with Gasteiger partial charge in [-0.1, -0.05) is 17.7 Å². The largest absolute Gasteiger partial charge is 0.337 e. The van der Waals surface area contributed by atoms with E-state index in [1.807, 2.05) is 24.8 Å². The number of nitrogens with one attached hydrogen (secondary N) is 1. The van der Waals surface area contributed by atoms with Crippen LogP contribution in [0.3, 0.4) is 0 Å². The minimum absolute atomic E-state index is 0.495. The number of hydrogen-bond acceptors (Lipinski definition) is 2. The lowest BCUT2D eigenvalue weighted by Gasteiger charge is -2.14. The van der Waals surface area contributed by atoms with Crippen molar-refractivity contribution >= 4 is 11.6 Å². The zero-order chi connectivity index (χ0) is 13.1. The number of aryl methyl sites for hydroxylation is 2. The molecule has 0 fully saturated rings. The molecular formula is C15H18ClN3. The number of nitrogens with zero attached hydrogens (tertiary/aromatic N) is 2. The van der Waals surface area contributed by atoms with Gasteiger partial charge in [0.2, 0.25) is 0 Å². The lowest BCUT2D eigenvalue weighted by atomic mass is 10.1. The van der Waals surface area contributed by atoms with Crippen LogP contribution in [0.25, 0.3) is 0 Å². The van der Waals surface area contributed by atoms with Crippen molar-refractivity contribution in [1.82, 2.24) is 14.9 Å². The Labute approximate surface area is 118 Å². The zero-order valence-electron chi connectivity index (χ0n) is 10.8. The Bertz CT molecular complexity index is 536. The van der Waals surface area contributed by atoms with Gasteiger partial charge in [0.1, 0.15) is 0 Å². The summed E-state index contributed by atoms with van der Waals surface area (Å²) in [6, 6.07) is 6.75. The first kappa shape index (κ1) is 12.7. The van der Waals surface area contributed by atoms with Crippen LogP contribution in [0.5, 0.6) is 0 Å². The third-order valence-corrected chi connectivity index (χ3v) is 3.96. The maximum atomic E-state index is 6.03. The molecule has 1 aromatic heterocycles. The van der Waals surface area contributed by atoms with Gasteiger partial charge in [0.25, 0.3) is 0 Å². The quantitative estimate of drug-likeness (QED) is 0.850. The highest BCUT2D eigenvalue weighted by molar-refractivity contribution is 6.30. The first-order valence-electron chi connectivity index (χ1n) is 6.80. The summed E-state index contributed by atoms with van der Waals surface area (Å²) in [5, 5.41) is 4.49. The molecule has 19 heavy (non-hydrogen) atoms. The number of halogens is 1. The molecule has 1 aliphatic rings. The molecule has 0 spiro atoms. The molecule has 3 nitrogen and oxygen atoms in total. The lowest BCUT2D eigenvalue weighted by molar-refractivity contribution is 0.499. The average Bonchev–Trinajstić information content (AvgIpc) is 3.03. The van der Waals surface area contributed by atoms with E-state index in [2.05, 4.69) is 27.0 Å². The van der Waals surface area contributed by atoms with Crippen molar-refractivity contribution in [2.75, 3.05) is 6.54 Å². The Morgan fingerprint density at radius 2 is 2.37 bits per heavy atom. The van der Waals surface area contributed by atoms with Crippen LogP contribution in [0, 0.1) is 0 Å². The predicted molar refractivity (Wildman–Crippen MR) is 77.4 cm³/mol. The number of benzene rings is 1. The highest BCUT2D eigenvalue weighted by Gasteiger charge is 2.21. The summed E-state index contributed by atoms with van der Waals surface area (Å²) in [4.78, 5) is 4.05. The van der Waals surface area contributed by atoms with Gasteiger partial charge < -0.3 is 9.88 Å². The molecular weight excluding hydrogens is 258 g/mol. The first-order valence-corrected chi connectivity index (χ1v) is 7.18. The van der Waals surface area contributed by atoms with E-state index in [4.69, 9.17) is 11.6 Å². The average molecular weight is 276 g/mol. The number of aromatic nitrogens is 2. The summed E-state index contributed by atoms with van der Waals surface area (Å²) in [7, 11) is 0. The third kappa shape index (κ3) is 2.99. The Morgan fingerprint density at radius 3 is 3.21 bits per heavy atom. The van der Waals surface area contributed by atoms with Gasteiger partial charge >= 0.3 is 0 Å². The second-order valence-electron chi connectivity index (χ2n) is 5.04. The number of imidazole rings is 1. The van der Waals surface area contributed by atoms with Gasteiger partial charge in [-0.3, -0.25) is 0 Å². The molecule has 0 saturated heterocycles. The Balaban J connectivity index is 1.50. The molecule has 1 unspecified atom stereocenters. The summed E-state index contributed by atoms with van der Waals surface area (Å²) in [5.74, 6) is 0. The second kappa shape index (κ2) is 5.76. The van der Waals surface area contributed by atoms with Crippen LogP contribution in [0.4, 0.5) is 0 Å². The zero-order valence-corrected chi connectivity index (χ0v) is 11.6. The molecule has 0 bridgehead atoms. The molecule has 3 rings (SSSR count). The molecule has 0 radical (unpaired) electrons. The van der Waals surface area contributed by atoms with E-state index in [0.717, 1.165) is 31.0 Å². The molecule has 0 saturated carbocycles. The summed E-state index contributed by atoms with van der Waals surface area (Å²) >= 11 is 6.03. The van der Waals surface area contributed by atoms with Gasteiger partial charge in [0, 0.05) is 30.0 Å². The maximum absolute atomic E-state index is 6.03. The summed E-state index contributed by atoms with van der Waals surface area (Å²) in [5.41, 5.74) is 2.83. The molecule has 1 N–H and O–H groups in total. The van der Waals surface area contributed by atoms with Crippen molar-refractivity contribution in [3.8, 4) is 0 Å². The van der Waals surface area contributed by atoms with Gasteiger partial charge in [-0.25, -0.2) is 4.98 Å². The van der Waals surface area contributed by atoms with E-state index in [9.17, 15) is 0 Å². The molecule has 4 heteroatoms. The molecule has 1 aliphatic carbocycles. The Kier molecular flexibility index (Phi) is 3.85. The van der Waals surface area contributed by atoms with Crippen LogP contribution in [0.1, 0.15) is 30.0 Å². The number of hydrogen-bond donors (Lipinski definition) is 1. The van der Waals surface area contributed by atoms with E-state index in [0.29, 0.717) is 6.04 Å². The fourth-order valence-electron chi connectivity index (χ4n) is 2.76. The topological polar surface area (TPSA) is 29.9 Å². The van der Waals surface area contributed by atoms with Gasteiger partial charge in [-0.2, -0.15) is 0 Å². The van der Waals surface area contributed by atoms with Crippen LogP contribution >= 0.6 is 11.6 Å². The number of fused-ring (bicyclic) bond motifs is 1. The third-order valence-electron chi connectivity index (χ3n) is 3.73. The van der Waals surface area contributed by atoms with Crippen LogP contribution in [-0.4, -0.2) is 16.1 Å². The van der Waals surface area contributed by atoms with E-state index in [1.54, 1.807) is 0 Å². The van der Waals surface area contributed by atoms with Crippen molar-refractivity contribution in [3.05, 3.63) is 53.1 Å². The minimum atomic E-state index is 0.495. The van der Waals surface area contributed by atoms with Crippen LogP contribution in [0.2, 0.25) is 5.02 Å². The first-order chi connectivity index (χ1) is 9.33. The highest BCUT2D eigenvalue weighted by Crippen LogP contribution is 2.32. The molecule has 2 aromatic rings. The molecule has 0 aliphatic heterocycles. The second-order valence-corrected chi connectivity index (χ2v) is 5.48. The maximum Gasteiger partial charge on any atom is 0.0945 e. The van der Waals surface area contributed by atoms with Gasteiger partial charge in [0.15, 0.2) is 0 Å². The fraction of sp³-hybridized carbons (Fsp3) is 0.400. The predicted octanol–water partition coefficient (Wildman–Crippen LogP) is 3.20. The standard InChI is InChI=1S/C15H18ClN3/c16-13-3-4-14-12(10-13)2-5-15(14)18-6-1-8-19-9-7-17-11-19/h3-4,7,9-11,15,18H,1-2,5-6,8H2. The SMILES string of the molecule is Clc1ccc2c(c1)CCC2NCCCn1ccnc1. The summed E-state index contributed by atoms with van der Waals surface area (Å²) < 4.78 is 2.12. The Morgan fingerprint density at radius 1 is 1.42 bits per heavy atom. The normalized spacial score (nSPS) is 17.6. The smallest absolute Gasteiger partial charge is 0.0945 e. The number of rotatable bonds is 5. The van der Waals surface area contributed by atoms with Crippen LogP contribution in [-0.2, 0) is 13.0 Å². The van der Waals surface area contributed by atoms with E-state index in [1.165, 1.54) is 17.5 Å². The van der Waals surface area contributed by atoms with Crippen molar-refractivity contribution in [1.29, 1.82) is 0 Å². The minimum Gasteiger partial charge on any atom is -0.337 e. The highest BCUT2D eigenvalue weighted by atomic mass is 35.5. The van der Waals surface area contributed by atoms with Crippen molar-refractivity contribution in [2.45, 2.75) is 31.8 Å². The van der Waals surface area contributed by atoms with E-state index in [-0.39, 0.29) is 0 Å². The molecule has 1 atom stereocenters. The van der Waals surface area contributed by atoms with Crippen LogP contribution < -0.4 is 5.32 Å². The van der Waals surface area contributed by atoms with Crippen LogP contribution in [0.15, 0.2) is 36.9 Å². The summed E-state index contributed by atoms with van der Waals surface area (Å²) in [6.45, 7) is 2.05. The lowest BCUT2D eigenvalue weighted by Crippen LogP contribution is -2.21. The molecule has 100 valence electrons. The van der Waals surface area contributed by atoms with E-state index >= 15 is 0 Å².